The summed E-state index contributed by atoms with van der Waals surface area (Å²) in [7, 11) is 1.80. The van der Waals surface area contributed by atoms with E-state index in [9.17, 15) is 19.7 Å². The fourth-order valence-corrected chi connectivity index (χ4v) is 2.75. The molecule has 0 aliphatic carbocycles. The Morgan fingerprint density at radius 3 is 2.24 bits per heavy atom. The van der Waals surface area contributed by atoms with E-state index in [1.807, 2.05) is 18.7 Å². The summed E-state index contributed by atoms with van der Waals surface area (Å²) in [6, 6.07) is 5.07. The normalized spacial score (nSPS) is 13.5. The molecule has 2 amide bonds. The van der Waals surface area contributed by atoms with Gasteiger partial charge in [-0.15, -0.1) is 0 Å². The van der Waals surface area contributed by atoms with E-state index in [1.54, 1.807) is 26.1 Å². The van der Waals surface area contributed by atoms with Gasteiger partial charge in [0.1, 0.15) is 6.04 Å². The average molecular weight is 350 g/mol. The summed E-state index contributed by atoms with van der Waals surface area (Å²) >= 11 is 0. The number of carbonyl (C=O) groups is 2. The van der Waals surface area contributed by atoms with Crippen molar-refractivity contribution in [3.05, 3.63) is 39.9 Å². The molecular weight excluding hydrogens is 324 g/mol. The molecule has 2 atom stereocenters. The summed E-state index contributed by atoms with van der Waals surface area (Å²) in [6.45, 7) is 6.06. The van der Waals surface area contributed by atoms with Crippen LogP contribution in [0.4, 0.5) is 5.69 Å². The standard InChI is InChI=1S/C17H26N4O4/c1-5-14(16(18)22)19-17(23)15(11(2)3)20(4)10-12-6-8-13(9-7-12)21(24)25/h6-9,11,14-15H,5,10H2,1-4H3,(H2,18,22)(H,19,23)/t14?,15-/m0/s1. The van der Waals surface area contributed by atoms with Crippen LogP contribution in [0, 0.1) is 16.0 Å². The van der Waals surface area contributed by atoms with Gasteiger partial charge in [-0.05, 0) is 24.9 Å². The molecule has 0 saturated carbocycles. The highest BCUT2D eigenvalue weighted by Gasteiger charge is 2.29. The lowest BCUT2D eigenvalue weighted by molar-refractivity contribution is -0.384. The molecule has 1 unspecified atom stereocenters. The number of hydrogen-bond donors (Lipinski definition) is 2. The summed E-state index contributed by atoms with van der Waals surface area (Å²) in [5.41, 5.74) is 6.17. The highest BCUT2D eigenvalue weighted by atomic mass is 16.6. The number of nitro groups is 1. The highest BCUT2D eigenvalue weighted by Crippen LogP contribution is 2.17. The Morgan fingerprint density at radius 2 is 1.84 bits per heavy atom. The fourth-order valence-electron chi connectivity index (χ4n) is 2.75. The predicted octanol–water partition coefficient (Wildman–Crippen LogP) is 1.43. The zero-order valence-corrected chi connectivity index (χ0v) is 15.1. The quantitative estimate of drug-likeness (QED) is 0.516. The third-order valence-corrected chi connectivity index (χ3v) is 4.02. The molecule has 25 heavy (non-hydrogen) atoms. The summed E-state index contributed by atoms with van der Waals surface area (Å²) in [4.78, 5) is 36.0. The number of rotatable bonds is 9. The van der Waals surface area contributed by atoms with Crippen LogP contribution in [-0.2, 0) is 16.1 Å². The first-order valence-electron chi connectivity index (χ1n) is 8.20. The molecule has 0 spiro atoms. The van der Waals surface area contributed by atoms with Crippen LogP contribution in [0.1, 0.15) is 32.8 Å². The zero-order valence-electron chi connectivity index (χ0n) is 15.1. The van der Waals surface area contributed by atoms with Crippen LogP contribution in [0.5, 0.6) is 0 Å². The van der Waals surface area contributed by atoms with Crippen molar-refractivity contribution in [3.63, 3.8) is 0 Å². The Morgan fingerprint density at radius 1 is 1.28 bits per heavy atom. The number of benzene rings is 1. The highest BCUT2D eigenvalue weighted by molar-refractivity contribution is 5.89. The van der Waals surface area contributed by atoms with Crippen molar-refractivity contribution in [1.29, 1.82) is 0 Å². The Balaban J connectivity index is 2.85. The number of nitrogens with two attached hydrogens (primary N) is 1. The maximum Gasteiger partial charge on any atom is 0.269 e. The molecule has 0 saturated heterocycles. The maximum atomic E-state index is 12.6. The van der Waals surface area contributed by atoms with Crippen molar-refractivity contribution in [2.45, 2.75) is 45.8 Å². The SMILES string of the molecule is CCC(NC(=O)[C@H](C(C)C)N(C)Cc1ccc([N+](=O)[O-])cc1)C(N)=O. The van der Waals surface area contributed by atoms with Gasteiger partial charge < -0.3 is 11.1 Å². The van der Waals surface area contributed by atoms with Gasteiger partial charge in [0, 0.05) is 18.7 Å². The number of nitrogens with one attached hydrogen (secondary N) is 1. The summed E-state index contributed by atoms with van der Waals surface area (Å²) < 4.78 is 0. The van der Waals surface area contributed by atoms with E-state index in [1.165, 1.54) is 12.1 Å². The lowest BCUT2D eigenvalue weighted by atomic mass is 10.0. The van der Waals surface area contributed by atoms with Crippen LogP contribution in [-0.4, -0.2) is 40.8 Å². The van der Waals surface area contributed by atoms with Gasteiger partial charge in [-0.3, -0.25) is 24.6 Å². The van der Waals surface area contributed by atoms with Gasteiger partial charge in [-0.25, -0.2) is 0 Å². The topological polar surface area (TPSA) is 119 Å². The number of nitro benzene ring substituents is 1. The molecule has 1 aromatic rings. The van der Waals surface area contributed by atoms with Crippen molar-refractivity contribution in [2.75, 3.05) is 7.05 Å². The van der Waals surface area contributed by atoms with E-state index in [0.717, 1.165) is 5.56 Å². The molecule has 138 valence electrons. The van der Waals surface area contributed by atoms with E-state index < -0.39 is 22.9 Å². The van der Waals surface area contributed by atoms with Gasteiger partial charge in [0.25, 0.3) is 5.69 Å². The third kappa shape index (κ3) is 5.82. The average Bonchev–Trinajstić information content (AvgIpc) is 2.52. The van der Waals surface area contributed by atoms with Crippen LogP contribution in [0.15, 0.2) is 24.3 Å². The van der Waals surface area contributed by atoms with Crippen molar-refractivity contribution < 1.29 is 14.5 Å². The Bertz CT molecular complexity index is 616. The number of likely N-dealkylation sites (N-methyl/N-ethyl adjacent to an activating group) is 1. The minimum absolute atomic E-state index is 0.00781. The van der Waals surface area contributed by atoms with Crippen LogP contribution in [0.2, 0.25) is 0 Å². The van der Waals surface area contributed by atoms with Crippen LogP contribution < -0.4 is 11.1 Å². The molecule has 1 aromatic carbocycles. The van der Waals surface area contributed by atoms with Gasteiger partial charge in [0.05, 0.1) is 11.0 Å². The molecule has 0 aliphatic heterocycles. The molecule has 8 nitrogen and oxygen atoms in total. The van der Waals surface area contributed by atoms with Crippen molar-refractivity contribution in [2.24, 2.45) is 11.7 Å². The van der Waals surface area contributed by atoms with Gasteiger partial charge in [-0.2, -0.15) is 0 Å². The molecule has 8 heteroatoms. The molecule has 0 heterocycles. The van der Waals surface area contributed by atoms with Crippen LogP contribution in [0.3, 0.4) is 0 Å². The van der Waals surface area contributed by atoms with E-state index >= 15 is 0 Å². The summed E-state index contributed by atoms with van der Waals surface area (Å²) in [5.74, 6) is -0.810. The second-order valence-electron chi connectivity index (χ2n) is 6.40. The second kappa shape index (κ2) is 9.12. The molecule has 0 radical (unpaired) electrons. The van der Waals surface area contributed by atoms with Crippen LogP contribution in [0.25, 0.3) is 0 Å². The van der Waals surface area contributed by atoms with Gasteiger partial charge in [0.15, 0.2) is 0 Å². The Labute approximate surface area is 147 Å². The zero-order chi connectivity index (χ0) is 19.1. The lowest BCUT2D eigenvalue weighted by Gasteiger charge is -2.31. The number of non-ortho nitro benzene ring substituents is 1. The molecule has 0 fully saturated rings. The number of carbonyl (C=O) groups excluding carboxylic acids is 2. The van der Waals surface area contributed by atoms with Gasteiger partial charge >= 0.3 is 0 Å². The van der Waals surface area contributed by atoms with E-state index in [2.05, 4.69) is 5.32 Å². The summed E-state index contributed by atoms with van der Waals surface area (Å²) in [6.07, 6.45) is 0.429. The largest absolute Gasteiger partial charge is 0.368 e. The van der Waals surface area contributed by atoms with E-state index in [0.29, 0.717) is 13.0 Å². The molecule has 1 rings (SSSR count). The summed E-state index contributed by atoms with van der Waals surface area (Å²) in [5, 5.41) is 13.4. The Hall–Kier alpha value is -2.48. The van der Waals surface area contributed by atoms with E-state index in [-0.39, 0.29) is 17.5 Å². The number of primary amides is 1. The maximum absolute atomic E-state index is 12.6. The van der Waals surface area contributed by atoms with Crippen molar-refractivity contribution in [3.8, 4) is 0 Å². The number of hydrogen-bond acceptors (Lipinski definition) is 5. The first kappa shape index (κ1) is 20.6. The second-order valence-corrected chi connectivity index (χ2v) is 6.40. The number of amides is 2. The Kier molecular flexibility index (Phi) is 7.50. The predicted molar refractivity (Wildman–Crippen MR) is 94.6 cm³/mol. The molecule has 3 N–H and O–H groups in total. The number of nitrogens with zero attached hydrogens (tertiary/aromatic N) is 2. The first-order valence-corrected chi connectivity index (χ1v) is 8.20. The van der Waals surface area contributed by atoms with Gasteiger partial charge in [0.2, 0.25) is 11.8 Å². The smallest absolute Gasteiger partial charge is 0.269 e. The molecule has 0 bridgehead atoms. The van der Waals surface area contributed by atoms with E-state index in [4.69, 9.17) is 5.73 Å². The lowest BCUT2D eigenvalue weighted by Crippen LogP contribution is -2.53. The minimum atomic E-state index is -0.693. The molecule has 0 aliphatic rings. The molecular formula is C17H26N4O4. The third-order valence-electron chi connectivity index (χ3n) is 4.02. The molecule has 0 aromatic heterocycles. The monoisotopic (exact) mass is 350 g/mol. The first-order chi connectivity index (χ1) is 11.7. The van der Waals surface area contributed by atoms with Gasteiger partial charge in [-0.1, -0.05) is 32.9 Å². The van der Waals surface area contributed by atoms with Crippen molar-refractivity contribution in [1.82, 2.24) is 10.2 Å². The van der Waals surface area contributed by atoms with Crippen molar-refractivity contribution >= 4 is 17.5 Å². The van der Waals surface area contributed by atoms with Crippen LogP contribution >= 0.6 is 0 Å². The fraction of sp³-hybridized carbons (Fsp3) is 0.529. The minimum Gasteiger partial charge on any atom is -0.368 e.